The van der Waals surface area contributed by atoms with E-state index in [1.807, 2.05) is 11.8 Å². The SMILES string of the molecule is Cc1ccc(SC(CN[C@@H]2CC23CCC([C@@H](C)C(C)c2nc(N(C)C)c4ccccc4n2)CC3)CC(O)c2ccc(C)cc2)cc1. The van der Waals surface area contributed by atoms with Crippen LogP contribution in [0.2, 0.25) is 0 Å². The van der Waals surface area contributed by atoms with Crippen molar-refractivity contribution < 1.29 is 5.11 Å². The molecule has 1 heterocycles. The van der Waals surface area contributed by atoms with Crippen LogP contribution in [-0.2, 0) is 0 Å². The maximum absolute atomic E-state index is 11.2. The van der Waals surface area contributed by atoms with Gasteiger partial charge in [-0.2, -0.15) is 0 Å². The highest BCUT2D eigenvalue weighted by molar-refractivity contribution is 8.00. The maximum Gasteiger partial charge on any atom is 0.139 e. The van der Waals surface area contributed by atoms with E-state index in [2.05, 4.69) is 125 Å². The number of aryl methyl sites for hydroxylation is 2. The summed E-state index contributed by atoms with van der Waals surface area (Å²) < 4.78 is 0. The van der Waals surface area contributed by atoms with E-state index in [1.165, 1.54) is 48.1 Å². The molecule has 244 valence electrons. The minimum Gasteiger partial charge on any atom is -0.388 e. The highest BCUT2D eigenvalue weighted by Crippen LogP contribution is 2.58. The summed E-state index contributed by atoms with van der Waals surface area (Å²) in [5, 5.41) is 16.6. The Bertz CT molecular complexity index is 1600. The molecule has 0 saturated heterocycles. The number of aliphatic hydroxyl groups excluding tert-OH is 1. The number of hydrogen-bond donors (Lipinski definition) is 2. The Morgan fingerprint density at radius 1 is 0.913 bits per heavy atom. The van der Waals surface area contributed by atoms with Crippen LogP contribution >= 0.6 is 11.8 Å². The van der Waals surface area contributed by atoms with Crippen LogP contribution in [0.25, 0.3) is 10.9 Å². The molecule has 2 aliphatic rings. The summed E-state index contributed by atoms with van der Waals surface area (Å²) in [5.41, 5.74) is 5.00. The first-order chi connectivity index (χ1) is 22.1. The lowest BCUT2D eigenvalue weighted by Crippen LogP contribution is -2.33. The van der Waals surface area contributed by atoms with Crippen molar-refractivity contribution in [3.05, 3.63) is 95.3 Å². The van der Waals surface area contributed by atoms with Crippen LogP contribution in [-0.4, -0.2) is 47.0 Å². The third-order valence-electron chi connectivity index (χ3n) is 11.0. The van der Waals surface area contributed by atoms with E-state index in [1.54, 1.807) is 0 Å². The number of anilines is 1. The normalized spacial score (nSPS) is 23.6. The van der Waals surface area contributed by atoms with Gasteiger partial charge in [0.2, 0.25) is 0 Å². The van der Waals surface area contributed by atoms with Crippen molar-refractivity contribution in [1.29, 1.82) is 0 Å². The molecule has 1 spiro atoms. The molecule has 4 aromatic rings. The summed E-state index contributed by atoms with van der Waals surface area (Å²) in [6.45, 7) is 9.90. The lowest BCUT2D eigenvalue weighted by molar-refractivity contribution is 0.164. The number of thioether (sulfide) groups is 1. The molecular weight excluding hydrogens is 585 g/mol. The molecule has 0 aliphatic heterocycles. The van der Waals surface area contributed by atoms with Gasteiger partial charge in [-0.05, 0) is 99.5 Å². The molecular formula is C40H52N4OS. The van der Waals surface area contributed by atoms with Crippen LogP contribution in [0.3, 0.4) is 0 Å². The fourth-order valence-corrected chi connectivity index (χ4v) is 8.76. The molecule has 2 N–H and O–H groups in total. The van der Waals surface area contributed by atoms with Crippen LogP contribution < -0.4 is 10.2 Å². The fraction of sp³-hybridized carbons (Fsp3) is 0.500. The van der Waals surface area contributed by atoms with Gasteiger partial charge in [-0.15, -0.1) is 11.8 Å². The van der Waals surface area contributed by atoms with Crippen molar-refractivity contribution in [3.63, 3.8) is 0 Å². The molecule has 5 atom stereocenters. The van der Waals surface area contributed by atoms with Crippen LogP contribution in [0, 0.1) is 31.1 Å². The summed E-state index contributed by atoms with van der Waals surface area (Å²) >= 11 is 1.90. The Morgan fingerprint density at radius 2 is 1.57 bits per heavy atom. The first-order valence-electron chi connectivity index (χ1n) is 17.3. The third-order valence-corrected chi connectivity index (χ3v) is 12.3. The van der Waals surface area contributed by atoms with E-state index in [4.69, 9.17) is 9.97 Å². The number of aliphatic hydroxyl groups is 1. The topological polar surface area (TPSA) is 61.3 Å². The first kappa shape index (κ1) is 33.0. The van der Waals surface area contributed by atoms with Crippen molar-refractivity contribution in [3.8, 4) is 0 Å². The molecule has 2 fully saturated rings. The summed E-state index contributed by atoms with van der Waals surface area (Å²) in [6.07, 6.45) is 6.73. The lowest BCUT2D eigenvalue weighted by atomic mass is 9.71. The van der Waals surface area contributed by atoms with Gasteiger partial charge in [-0.25, -0.2) is 9.97 Å². The molecule has 2 saturated carbocycles. The van der Waals surface area contributed by atoms with Crippen LogP contribution in [0.4, 0.5) is 5.82 Å². The van der Waals surface area contributed by atoms with Gasteiger partial charge in [0, 0.05) is 48.1 Å². The molecule has 3 unspecified atom stereocenters. The quantitative estimate of drug-likeness (QED) is 0.152. The van der Waals surface area contributed by atoms with Gasteiger partial charge in [0.1, 0.15) is 11.6 Å². The van der Waals surface area contributed by atoms with Gasteiger partial charge < -0.3 is 15.3 Å². The zero-order chi connectivity index (χ0) is 32.4. The molecule has 0 radical (unpaired) electrons. The predicted molar refractivity (Wildman–Crippen MR) is 194 cm³/mol. The lowest BCUT2D eigenvalue weighted by Gasteiger charge is -2.35. The van der Waals surface area contributed by atoms with Crippen LogP contribution in [0.15, 0.2) is 77.7 Å². The summed E-state index contributed by atoms with van der Waals surface area (Å²) in [4.78, 5) is 13.5. The minimum atomic E-state index is -0.460. The monoisotopic (exact) mass is 636 g/mol. The number of para-hydroxylation sites is 1. The average molecular weight is 637 g/mol. The van der Waals surface area contributed by atoms with Crippen molar-refractivity contribution in [2.75, 3.05) is 25.5 Å². The molecule has 0 amide bonds. The van der Waals surface area contributed by atoms with E-state index in [-0.39, 0.29) is 0 Å². The van der Waals surface area contributed by atoms with E-state index in [9.17, 15) is 5.11 Å². The molecule has 5 nitrogen and oxygen atoms in total. The van der Waals surface area contributed by atoms with Crippen LogP contribution in [0.1, 0.15) is 86.9 Å². The molecule has 46 heavy (non-hydrogen) atoms. The molecule has 3 aromatic carbocycles. The number of aromatic nitrogens is 2. The van der Waals surface area contributed by atoms with Gasteiger partial charge in [0.15, 0.2) is 0 Å². The average Bonchev–Trinajstić information content (AvgIpc) is 3.74. The van der Waals surface area contributed by atoms with Crippen molar-refractivity contribution in [2.24, 2.45) is 17.3 Å². The molecule has 6 rings (SSSR count). The van der Waals surface area contributed by atoms with Gasteiger partial charge in [0.25, 0.3) is 0 Å². The minimum absolute atomic E-state index is 0.294. The van der Waals surface area contributed by atoms with E-state index in [0.29, 0.717) is 34.5 Å². The van der Waals surface area contributed by atoms with Gasteiger partial charge in [0.05, 0.1) is 11.6 Å². The molecule has 1 aromatic heterocycles. The molecule has 6 heteroatoms. The summed E-state index contributed by atoms with van der Waals surface area (Å²) in [6, 6.07) is 26.1. The van der Waals surface area contributed by atoms with Gasteiger partial charge in [-0.3, -0.25) is 0 Å². The maximum atomic E-state index is 11.2. The highest BCUT2D eigenvalue weighted by atomic mass is 32.2. The van der Waals surface area contributed by atoms with Gasteiger partial charge in [-0.1, -0.05) is 73.5 Å². The van der Waals surface area contributed by atoms with E-state index in [0.717, 1.165) is 41.1 Å². The second kappa shape index (κ2) is 14.0. The van der Waals surface area contributed by atoms with E-state index >= 15 is 0 Å². The first-order valence-corrected chi connectivity index (χ1v) is 18.1. The zero-order valence-electron chi connectivity index (χ0n) is 28.5. The zero-order valence-corrected chi connectivity index (χ0v) is 29.4. The van der Waals surface area contributed by atoms with Gasteiger partial charge >= 0.3 is 0 Å². The smallest absolute Gasteiger partial charge is 0.139 e. The van der Waals surface area contributed by atoms with Crippen molar-refractivity contribution in [1.82, 2.24) is 15.3 Å². The standard InChI is InChI=1S/C40H52N4OS/c1-26-11-15-31(16-12-26)36(45)23-33(46-32-17-13-27(2)14-18-32)25-41-37-24-40(37)21-19-30(20-22-40)28(3)29(4)38-42-35-10-8-7-9-34(35)39(43-38)44(5)6/h7-18,28-30,33,36-37,41,45H,19-25H2,1-6H3/t28-,29?,30?,33?,36?,37+,40?/m0/s1. The number of fused-ring (bicyclic) bond motifs is 1. The Morgan fingerprint density at radius 3 is 2.24 bits per heavy atom. The highest BCUT2D eigenvalue weighted by Gasteiger charge is 2.55. The largest absolute Gasteiger partial charge is 0.388 e. The van der Waals surface area contributed by atoms with Crippen LogP contribution in [0.5, 0.6) is 0 Å². The second-order valence-corrected chi connectivity index (χ2v) is 15.9. The number of benzene rings is 3. The van der Waals surface area contributed by atoms with Crippen molar-refractivity contribution in [2.45, 2.75) is 94.4 Å². The molecule has 0 bridgehead atoms. The van der Waals surface area contributed by atoms with E-state index < -0.39 is 6.10 Å². The Balaban J connectivity index is 1.05. The number of nitrogens with one attached hydrogen (secondary N) is 1. The molecule has 2 aliphatic carbocycles. The second-order valence-electron chi connectivity index (χ2n) is 14.5. The number of hydrogen-bond acceptors (Lipinski definition) is 6. The predicted octanol–water partition coefficient (Wildman–Crippen LogP) is 8.88. The van der Waals surface area contributed by atoms with Crippen molar-refractivity contribution >= 4 is 28.5 Å². The summed E-state index contributed by atoms with van der Waals surface area (Å²) in [7, 11) is 4.14. The number of rotatable bonds is 12. The third kappa shape index (κ3) is 7.45. The Hall–Kier alpha value is -2.93. The summed E-state index contributed by atoms with van der Waals surface area (Å²) in [5.74, 6) is 3.55. The number of nitrogens with zero attached hydrogens (tertiary/aromatic N) is 3. The fourth-order valence-electron chi connectivity index (χ4n) is 7.62. The Kier molecular flexibility index (Phi) is 10.1. The Labute approximate surface area is 280 Å².